The maximum Gasteiger partial charge on any atom is 0.279 e. The third kappa shape index (κ3) is 4.25. The first-order valence-corrected chi connectivity index (χ1v) is 12.7. The van der Waals surface area contributed by atoms with Crippen molar-refractivity contribution in [3.8, 4) is 16.7 Å². The number of rotatable bonds is 7. The second-order valence-corrected chi connectivity index (χ2v) is 10.8. The number of piperazine rings is 1. The maximum absolute atomic E-state index is 13.8. The fraction of sp³-hybridized carbons (Fsp3) is 0.381. The first-order valence-electron chi connectivity index (χ1n) is 10.0. The molecule has 31 heavy (non-hydrogen) atoms. The fourth-order valence-corrected chi connectivity index (χ4v) is 6.30. The number of hydrogen-bond donors (Lipinski definition) is 0. The van der Waals surface area contributed by atoms with E-state index in [-0.39, 0.29) is 17.9 Å². The normalized spacial score (nSPS) is 21.7. The van der Waals surface area contributed by atoms with E-state index in [1.165, 1.54) is 23.7 Å². The SMILES string of the molecule is CS(=O)(=O)N1CC2CC1CN2CCOc1ccc(Oc2nc3c(F)cccc3s2)cc1. The molecule has 5 rings (SSSR count). The van der Waals surface area contributed by atoms with Crippen molar-refractivity contribution in [1.29, 1.82) is 0 Å². The summed E-state index contributed by atoms with van der Waals surface area (Å²) in [4.78, 5) is 6.51. The summed E-state index contributed by atoms with van der Waals surface area (Å²) in [6.07, 6.45) is 2.18. The molecule has 7 nitrogen and oxygen atoms in total. The molecule has 2 aliphatic rings. The molecule has 2 aromatic carbocycles. The second-order valence-electron chi connectivity index (χ2n) is 7.86. The molecule has 1 aromatic heterocycles. The highest BCUT2D eigenvalue weighted by Crippen LogP contribution is 2.34. The van der Waals surface area contributed by atoms with Crippen LogP contribution in [0.4, 0.5) is 4.39 Å². The summed E-state index contributed by atoms with van der Waals surface area (Å²) in [5.41, 5.74) is 0.317. The van der Waals surface area contributed by atoms with Crippen LogP contribution >= 0.6 is 11.3 Å². The summed E-state index contributed by atoms with van der Waals surface area (Å²) in [6.45, 7) is 2.62. The van der Waals surface area contributed by atoms with E-state index in [9.17, 15) is 12.8 Å². The number of nitrogens with zero attached hydrogens (tertiary/aromatic N) is 3. The standard InChI is InChI=1S/C21H22FN3O4S2/c1-31(26,27)25-13-14-11-15(25)12-24(14)9-10-28-16-5-7-17(8-6-16)29-21-23-20-18(22)3-2-4-19(20)30-21/h2-8,14-15H,9-13H2,1H3. The molecule has 10 heteroatoms. The Kier molecular flexibility index (Phi) is 5.33. The highest BCUT2D eigenvalue weighted by molar-refractivity contribution is 7.88. The van der Waals surface area contributed by atoms with Crippen LogP contribution in [0.25, 0.3) is 10.2 Å². The molecule has 3 heterocycles. The topological polar surface area (TPSA) is 72.0 Å². The summed E-state index contributed by atoms with van der Waals surface area (Å²) in [5.74, 6) is 0.969. The van der Waals surface area contributed by atoms with E-state index in [0.717, 1.165) is 30.0 Å². The zero-order valence-corrected chi connectivity index (χ0v) is 18.5. The minimum Gasteiger partial charge on any atom is -0.492 e. The minimum absolute atomic E-state index is 0.0902. The Balaban J connectivity index is 1.12. The van der Waals surface area contributed by atoms with E-state index in [0.29, 0.717) is 29.6 Å². The van der Waals surface area contributed by atoms with Gasteiger partial charge < -0.3 is 9.47 Å². The van der Waals surface area contributed by atoms with Crippen molar-refractivity contribution < 1.29 is 22.3 Å². The molecule has 0 radical (unpaired) electrons. The van der Waals surface area contributed by atoms with Crippen molar-refractivity contribution >= 4 is 31.6 Å². The number of sulfonamides is 1. The van der Waals surface area contributed by atoms with Crippen molar-refractivity contribution in [3.05, 3.63) is 48.3 Å². The van der Waals surface area contributed by atoms with E-state index >= 15 is 0 Å². The Morgan fingerprint density at radius 1 is 1.13 bits per heavy atom. The first kappa shape index (κ1) is 20.6. The number of aromatic nitrogens is 1. The maximum atomic E-state index is 13.8. The monoisotopic (exact) mass is 463 g/mol. The van der Waals surface area contributed by atoms with Crippen molar-refractivity contribution in [2.24, 2.45) is 0 Å². The Morgan fingerprint density at radius 3 is 2.58 bits per heavy atom. The molecule has 0 N–H and O–H groups in total. The Bertz CT molecular complexity index is 1200. The highest BCUT2D eigenvalue weighted by atomic mass is 32.2. The third-order valence-corrected chi connectivity index (χ3v) is 7.95. The molecule has 2 fully saturated rings. The van der Waals surface area contributed by atoms with Gasteiger partial charge in [0.25, 0.3) is 5.19 Å². The van der Waals surface area contributed by atoms with Crippen molar-refractivity contribution in [1.82, 2.24) is 14.2 Å². The number of para-hydroxylation sites is 1. The summed E-state index contributed by atoms with van der Waals surface area (Å²) in [5, 5.41) is 0.390. The molecular formula is C21H22FN3O4S2. The van der Waals surface area contributed by atoms with Gasteiger partial charge in [-0.1, -0.05) is 17.4 Å². The third-order valence-electron chi connectivity index (χ3n) is 5.76. The molecule has 0 amide bonds. The zero-order valence-electron chi connectivity index (χ0n) is 16.9. The minimum atomic E-state index is -3.12. The molecule has 0 saturated carbocycles. The lowest BCUT2D eigenvalue weighted by Crippen LogP contribution is -2.49. The van der Waals surface area contributed by atoms with Gasteiger partial charge in [0, 0.05) is 31.7 Å². The summed E-state index contributed by atoms with van der Waals surface area (Å²) in [6, 6.07) is 12.4. The van der Waals surface area contributed by atoms with Gasteiger partial charge in [-0.3, -0.25) is 4.90 Å². The Morgan fingerprint density at radius 2 is 1.90 bits per heavy atom. The molecule has 3 aromatic rings. The Hall–Kier alpha value is -2.27. The van der Waals surface area contributed by atoms with Crippen LogP contribution in [0.15, 0.2) is 42.5 Å². The lowest BCUT2D eigenvalue weighted by Gasteiger charge is -2.32. The van der Waals surface area contributed by atoms with Crippen molar-refractivity contribution in [3.63, 3.8) is 0 Å². The quantitative estimate of drug-likeness (QED) is 0.535. The number of fused-ring (bicyclic) bond motifs is 3. The molecule has 2 aliphatic heterocycles. The number of halogens is 1. The van der Waals surface area contributed by atoms with Crippen LogP contribution in [0.1, 0.15) is 6.42 Å². The van der Waals surface area contributed by atoms with Gasteiger partial charge in [0.2, 0.25) is 10.0 Å². The van der Waals surface area contributed by atoms with Gasteiger partial charge in [0.1, 0.15) is 29.4 Å². The van der Waals surface area contributed by atoms with Gasteiger partial charge in [-0.15, -0.1) is 0 Å². The predicted octanol–water partition coefficient (Wildman–Crippen LogP) is 3.32. The number of likely N-dealkylation sites (tertiary alicyclic amines) is 1. The van der Waals surface area contributed by atoms with E-state index < -0.39 is 10.0 Å². The summed E-state index contributed by atoms with van der Waals surface area (Å²) >= 11 is 1.29. The Labute approximate surface area is 184 Å². The van der Waals surface area contributed by atoms with E-state index in [2.05, 4.69) is 9.88 Å². The van der Waals surface area contributed by atoms with Crippen LogP contribution in [0.2, 0.25) is 0 Å². The van der Waals surface area contributed by atoms with Crippen LogP contribution in [0, 0.1) is 5.82 Å². The average molecular weight is 464 g/mol. The van der Waals surface area contributed by atoms with E-state index in [1.54, 1.807) is 22.5 Å². The molecule has 2 unspecified atom stereocenters. The van der Waals surface area contributed by atoms with Gasteiger partial charge in [0.05, 0.1) is 11.0 Å². The van der Waals surface area contributed by atoms with Crippen LogP contribution in [0.3, 0.4) is 0 Å². The molecular weight excluding hydrogens is 441 g/mol. The lowest BCUT2D eigenvalue weighted by atomic mass is 10.2. The zero-order chi connectivity index (χ0) is 21.6. The number of thiazole rings is 1. The fourth-order valence-electron chi connectivity index (χ4n) is 4.32. The van der Waals surface area contributed by atoms with Gasteiger partial charge in [-0.2, -0.15) is 9.29 Å². The van der Waals surface area contributed by atoms with Crippen molar-refractivity contribution in [2.45, 2.75) is 18.5 Å². The molecule has 2 atom stereocenters. The van der Waals surface area contributed by atoms with Gasteiger partial charge in [0.15, 0.2) is 0 Å². The van der Waals surface area contributed by atoms with Crippen LogP contribution in [-0.2, 0) is 10.0 Å². The first-order chi connectivity index (χ1) is 14.9. The number of hydrogen-bond acceptors (Lipinski definition) is 7. The molecule has 2 bridgehead atoms. The van der Waals surface area contributed by atoms with Crippen LogP contribution < -0.4 is 9.47 Å². The highest BCUT2D eigenvalue weighted by Gasteiger charge is 2.46. The summed E-state index contributed by atoms with van der Waals surface area (Å²) < 4.78 is 51.3. The molecule has 0 aliphatic carbocycles. The number of benzene rings is 2. The smallest absolute Gasteiger partial charge is 0.279 e. The van der Waals surface area contributed by atoms with E-state index in [1.807, 2.05) is 18.2 Å². The predicted molar refractivity (Wildman–Crippen MR) is 117 cm³/mol. The summed E-state index contributed by atoms with van der Waals surface area (Å²) in [7, 11) is -3.12. The van der Waals surface area contributed by atoms with Gasteiger partial charge >= 0.3 is 0 Å². The van der Waals surface area contributed by atoms with Gasteiger partial charge in [-0.25, -0.2) is 12.8 Å². The average Bonchev–Trinajstić information content (AvgIpc) is 3.43. The largest absolute Gasteiger partial charge is 0.492 e. The molecule has 164 valence electrons. The lowest BCUT2D eigenvalue weighted by molar-refractivity contribution is 0.153. The molecule has 2 saturated heterocycles. The van der Waals surface area contributed by atoms with Crippen LogP contribution in [-0.4, -0.2) is 67.2 Å². The van der Waals surface area contributed by atoms with Crippen LogP contribution in [0.5, 0.6) is 16.7 Å². The van der Waals surface area contributed by atoms with E-state index in [4.69, 9.17) is 9.47 Å². The molecule has 0 spiro atoms. The number of ether oxygens (including phenoxy) is 2. The second kappa shape index (κ2) is 8.01. The van der Waals surface area contributed by atoms with Crippen molar-refractivity contribution in [2.75, 3.05) is 32.5 Å². The van der Waals surface area contributed by atoms with Gasteiger partial charge in [-0.05, 0) is 42.8 Å².